The molecule has 0 bridgehead atoms. The van der Waals surface area contributed by atoms with Crippen LogP contribution in [0.25, 0.3) is 5.82 Å². The number of fused-ring (bicyclic) bond motifs is 1. The summed E-state index contributed by atoms with van der Waals surface area (Å²) in [6.45, 7) is 4.48. The lowest BCUT2D eigenvalue weighted by Crippen LogP contribution is -2.28. The zero-order valence-corrected chi connectivity index (χ0v) is 17.7. The number of amides is 2. The van der Waals surface area contributed by atoms with Crippen LogP contribution in [-0.2, 0) is 6.42 Å². The second-order valence-electron chi connectivity index (χ2n) is 7.76. The van der Waals surface area contributed by atoms with Gasteiger partial charge in [0.2, 0.25) is 0 Å². The maximum atomic E-state index is 12.7. The number of anilines is 2. The molecule has 1 N–H and O–H groups in total. The van der Waals surface area contributed by atoms with Crippen LogP contribution in [0.5, 0.6) is 0 Å². The number of nitrogens with zero attached hydrogens (tertiary/aromatic N) is 4. The van der Waals surface area contributed by atoms with E-state index in [0.717, 1.165) is 29.1 Å². The number of benzene rings is 1. The standard InChI is InChI=1S/C24H21N5O3/c1-15-11-16(2)29(27-15)22-6-3-18(13-25-22)23(30)26-20-4-5-21-17(12-20)7-9-28(21)24(31)19-8-10-32-14-19/h3-6,8,10-14H,7,9H2,1-2H3,(H,26,30). The average Bonchev–Trinajstić information content (AvgIpc) is 3.53. The van der Waals surface area contributed by atoms with Gasteiger partial charge in [-0.25, -0.2) is 9.67 Å². The van der Waals surface area contributed by atoms with Crippen LogP contribution in [-0.4, -0.2) is 33.1 Å². The van der Waals surface area contributed by atoms with Crippen molar-refractivity contribution in [3.8, 4) is 5.82 Å². The fourth-order valence-corrected chi connectivity index (χ4v) is 3.94. The summed E-state index contributed by atoms with van der Waals surface area (Å²) in [5.74, 6) is 0.316. The highest BCUT2D eigenvalue weighted by Crippen LogP contribution is 2.32. The third-order valence-electron chi connectivity index (χ3n) is 5.48. The van der Waals surface area contributed by atoms with Crippen molar-refractivity contribution in [2.75, 3.05) is 16.8 Å². The summed E-state index contributed by atoms with van der Waals surface area (Å²) in [6, 6.07) is 12.7. The van der Waals surface area contributed by atoms with E-state index in [4.69, 9.17) is 4.42 Å². The first-order chi connectivity index (χ1) is 15.5. The van der Waals surface area contributed by atoms with Crippen LogP contribution >= 0.6 is 0 Å². The van der Waals surface area contributed by atoms with Crippen molar-refractivity contribution >= 4 is 23.2 Å². The number of aryl methyl sites for hydroxylation is 2. The zero-order valence-electron chi connectivity index (χ0n) is 17.7. The normalized spacial score (nSPS) is 12.6. The topological polar surface area (TPSA) is 93.3 Å². The van der Waals surface area contributed by atoms with E-state index in [2.05, 4.69) is 15.4 Å². The number of hydrogen-bond donors (Lipinski definition) is 1. The smallest absolute Gasteiger partial charge is 0.261 e. The summed E-state index contributed by atoms with van der Waals surface area (Å²) in [7, 11) is 0. The molecular formula is C24H21N5O3. The van der Waals surface area contributed by atoms with Gasteiger partial charge in [-0.15, -0.1) is 0 Å². The fraction of sp³-hybridized carbons (Fsp3) is 0.167. The van der Waals surface area contributed by atoms with Crippen molar-refractivity contribution in [3.63, 3.8) is 0 Å². The van der Waals surface area contributed by atoms with Gasteiger partial charge in [-0.2, -0.15) is 5.10 Å². The number of furan rings is 1. The van der Waals surface area contributed by atoms with Gasteiger partial charge in [0.1, 0.15) is 6.26 Å². The van der Waals surface area contributed by atoms with E-state index in [1.807, 2.05) is 32.0 Å². The lowest BCUT2D eigenvalue weighted by atomic mass is 10.1. The van der Waals surface area contributed by atoms with E-state index in [0.29, 0.717) is 29.2 Å². The fourth-order valence-electron chi connectivity index (χ4n) is 3.94. The van der Waals surface area contributed by atoms with Crippen molar-refractivity contribution in [3.05, 3.63) is 89.3 Å². The Hall–Kier alpha value is -4.20. The van der Waals surface area contributed by atoms with E-state index >= 15 is 0 Å². The Labute approximate surface area is 184 Å². The molecule has 5 rings (SSSR count). The van der Waals surface area contributed by atoms with E-state index in [1.165, 1.54) is 12.5 Å². The minimum atomic E-state index is -0.248. The molecule has 32 heavy (non-hydrogen) atoms. The van der Waals surface area contributed by atoms with Crippen LogP contribution in [0.15, 0.2) is 65.6 Å². The van der Waals surface area contributed by atoms with Gasteiger partial charge in [0.05, 0.1) is 23.1 Å². The van der Waals surface area contributed by atoms with Crippen molar-refractivity contribution in [1.82, 2.24) is 14.8 Å². The molecule has 0 radical (unpaired) electrons. The third-order valence-corrected chi connectivity index (χ3v) is 5.48. The molecule has 0 spiro atoms. The predicted molar refractivity (Wildman–Crippen MR) is 119 cm³/mol. The molecule has 4 heterocycles. The Morgan fingerprint density at radius 3 is 2.62 bits per heavy atom. The second-order valence-corrected chi connectivity index (χ2v) is 7.76. The highest BCUT2D eigenvalue weighted by molar-refractivity contribution is 6.08. The molecule has 0 saturated carbocycles. The molecule has 0 aliphatic carbocycles. The summed E-state index contributed by atoms with van der Waals surface area (Å²) in [5.41, 5.74) is 5.40. The maximum absolute atomic E-state index is 12.7. The number of carbonyl (C=O) groups is 2. The molecule has 8 nitrogen and oxygen atoms in total. The van der Waals surface area contributed by atoms with Crippen LogP contribution in [0.4, 0.5) is 11.4 Å². The minimum absolute atomic E-state index is 0.0944. The largest absolute Gasteiger partial charge is 0.472 e. The van der Waals surface area contributed by atoms with Gasteiger partial charge in [0.25, 0.3) is 11.8 Å². The summed E-state index contributed by atoms with van der Waals surface area (Å²) in [6.07, 6.45) is 5.20. The Morgan fingerprint density at radius 1 is 1.06 bits per heavy atom. The minimum Gasteiger partial charge on any atom is -0.472 e. The molecule has 0 saturated heterocycles. The van der Waals surface area contributed by atoms with Crippen molar-refractivity contribution in [2.24, 2.45) is 0 Å². The molecule has 0 unspecified atom stereocenters. The quantitative estimate of drug-likeness (QED) is 0.533. The number of pyridine rings is 1. The van der Waals surface area contributed by atoms with Crippen LogP contribution in [0.2, 0.25) is 0 Å². The summed E-state index contributed by atoms with van der Waals surface area (Å²) < 4.78 is 6.77. The number of rotatable bonds is 4. The monoisotopic (exact) mass is 427 g/mol. The van der Waals surface area contributed by atoms with Crippen LogP contribution in [0, 0.1) is 13.8 Å². The van der Waals surface area contributed by atoms with E-state index < -0.39 is 0 Å². The highest BCUT2D eigenvalue weighted by atomic mass is 16.3. The zero-order chi connectivity index (χ0) is 22.2. The van der Waals surface area contributed by atoms with Gasteiger partial charge in [-0.1, -0.05) is 0 Å². The number of carbonyl (C=O) groups excluding carboxylic acids is 2. The highest BCUT2D eigenvalue weighted by Gasteiger charge is 2.26. The van der Waals surface area contributed by atoms with Crippen LogP contribution < -0.4 is 10.2 Å². The number of nitrogens with one attached hydrogen (secondary N) is 1. The maximum Gasteiger partial charge on any atom is 0.261 e. The first-order valence-electron chi connectivity index (χ1n) is 10.3. The molecule has 0 atom stereocenters. The van der Waals surface area contributed by atoms with Crippen LogP contribution in [0.3, 0.4) is 0 Å². The van der Waals surface area contributed by atoms with Crippen molar-refractivity contribution in [2.45, 2.75) is 20.3 Å². The van der Waals surface area contributed by atoms with Gasteiger partial charge in [0, 0.05) is 29.8 Å². The van der Waals surface area contributed by atoms with E-state index in [-0.39, 0.29) is 11.8 Å². The summed E-state index contributed by atoms with van der Waals surface area (Å²) in [4.78, 5) is 31.5. The molecule has 1 aromatic carbocycles. The van der Waals surface area contributed by atoms with Gasteiger partial charge in [-0.05, 0) is 68.3 Å². The van der Waals surface area contributed by atoms with E-state index in [1.54, 1.807) is 40.0 Å². The molecular weight excluding hydrogens is 406 g/mol. The summed E-state index contributed by atoms with van der Waals surface area (Å²) in [5, 5.41) is 7.33. The Morgan fingerprint density at radius 2 is 1.94 bits per heavy atom. The molecule has 0 fully saturated rings. The van der Waals surface area contributed by atoms with Crippen molar-refractivity contribution < 1.29 is 14.0 Å². The first-order valence-corrected chi connectivity index (χ1v) is 10.3. The molecule has 1 aliphatic rings. The second kappa shape index (κ2) is 7.81. The first kappa shape index (κ1) is 19.7. The molecule has 160 valence electrons. The van der Waals surface area contributed by atoms with Gasteiger partial charge < -0.3 is 14.6 Å². The summed E-state index contributed by atoms with van der Waals surface area (Å²) >= 11 is 0. The predicted octanol–water partition coefficient (Wildman–Crippen LogP) is 3.93. The van der Waals surface area contributed by atoms with Crippen LogP contribution in [0.1, 0.15) is 37.7 Å². The number of hydrogen-bond acceptors (Lipinski definition) is 5. The Bertz CT molecular complexity index is 1310. The number of aromatic nitrogens is 3. The lowest BCUT2D eigenvalue weighted by molar-refractivity contribution is 0.0987. The van der Waals surface area contributed by atoms with Gasteiger partial charge >= 0.3 is 0 Å². The third kappa shape index (κ3) is 3.56. The van der Waals surface area contributed by atoms with Gasteiger partial charge in [-0.3, -0.25) is 9.59 Å². The van der Waals surface area contributed by atoms with E-state index in [9.17, 15) is 9.59 Å². The Balaban J connectivity index is 1.30. The molecule has 8 heteroatoms. The SMILES string of the molecule is Cc1cc(C)n(-c2ccc(C(=O)Nc3ccc4c(c3)CCN4C(=O)c3ccoc3)cn2)n1. The molecule has 4 aromatic rings. The van der Waals surface area contributed by atoms with Crippen molar-refractivity contribution in [1.29, 1.82) is 0 Å². The molecule has 2 amide bonds. The molecule has 3 aromatic heterocycles. The molecule has 1 aliphatic heterocycles. The lowest BCUT2D eigenvalue weighted by Gasteiger charge is -2.16. The average molecular weight is 427 g/mol. The van der Waals surface area contributed by atoms with Gasteiger partial charge in [0.15, 0.2) is 5.82 Å². The Kier molecular flexibility index (Phi) is 4.82.